The van der Waals surface area contributed by atoms with E-state index in [1.807, 2.05) is 6.07 Å². The molecule has 0 bridgehead atoms. The molecule has 2 rings (SSSR count). The zero-order valence-corrected chi connectivity index (χ0v) is 12.5. The first kappa shape index (κ1) is 14.5. The Bertz CT molecular complexity index is 531. The lowest BCUT2D eigenvalue weighted by Crippen LogP contribution is -2.40. The molecule has 0 radical (unpaired) electrons. The van der Waals surface area contributed by atoms with Crippen LogP contribution in [0.5, 0.6) is 0 Å². The summed E-state index contributed by atoms with van der Waals surface area (Å²) in [6.07, 6.45) is 1.42. The number of alkyl halides is 4. The van der Waals surface area contributed by atoms with Crippen molar-refractivity contribution in [3.63, 3.8) is 0 Å². The first-order valence-electron chi connectivity index (χ1n) is 4.87. The topological polar surface area (TPSA) is 0 Å². The Morgan fingerprint density at radius 1 is 0.944 bits per heavy atom. The molecular weight excluding hydrogens is 340 g/mol. The molecule has 18 heavy (non-hydrogen) atoms. The summed E-state index contributed by atoms with van der Waals surface area (Å²) in [5.41, 5.74) is 1.03. The fourth-order valence-corrected chi connectivity index (χ4v) is 2.76. The van der Waals surface area contributed by atoms with Gasteiger partial charge in [-0.3, -0.25) is 0 Å². The molecule has 0 amide bonds. The Morgan fingerprint density at radius 2 is 1.50 bits per heavy atom. The Balaban J connectivity index is 2.63. The zero-order chi connectivity index (χ0) is 13.6. The van der Waals surface area contributed by atoms with Gasteiger partial charge in [-0.1, -0.05) is 88.3 Å². The molecule has 1 aliphatic carbocycles. The maximum Gasteiger partial charge on any atom is 0.257 e. The van der Waals surface area contributed by atoms with Crippen LogP contribution in [-0.2, 0) is 0 Å². The monoisotopic (exact) mass is 344 g/mol. The highest BCUT2D eigenvalue weighted by atomic mass is 35.5. The average Bonchev–Trinajstić information content (AvgIpc) is 2.34. The van der Waals surface area contributed by atoms with Gasteiger partial charge < -0.3 is 0 Å². The van der Waals surface area contributed by atoms with Crippen LogP contribution in [0.2, 0.25) is 0 Å². The minimum absolute atomic E-state index is 0.119. The van der Waals surface area contributed by atoms with Crippen molar-refractivity contribution in [1.29, 1.82) is 0 Å². The predicted molar refractivity (Wildman–Crippen MR) is 77.3 cm³/mol. The van der Waals surface area contributed by atoms with E-state index < -0.39 is 9.46 Å². The summed E-state index contributed by atoms with van der Waals surface area (Å²) in [5, 5.41) is -3.08. The summed E-state index contributed by atoms with van der Waals surface area (Å²) >= 11 is 29.2. The summed E-state index contributed by atoms with van der Waals surface area (Å²) in [6, 6.07) is 8.89. The minimum atomic E-state index is -2.67. The summed E-state index contributed by atoms with van der Waals surface area (Å²) in [4.78, 5) is 0. The second-order valence-electron chi connectivity index (χ2n) is 3.73. The number of hydrogen-bond donors (Lipinski definition) is 0. The van der Waals surface area contributed by atoms with Crippen LogP contribution in [0.15, 0.2) is 46.5 Å². The van der Waals surface area contributed by atoms with Crippen LogP contribution in [-0.4, -0.2) is 9.46 Å². The predicted octanol–water partition coefficient (Wildman–Crippen LogP) is 5.85. The van der Waals surface area contributed by atoms with Gasteiger partial charge in [0.2, 0.25) is 4.33 Å². The van der Waals surface area contributed by atoms with Crippen LogP contribution >= 0.6 is 58.0 Å². The summed E-state index contributed by atoms with van der Waals surface area (Å²) in [6.45, 7) is 0. The van der Waals surface area contributed by atoms with Crippen LogP contribution in [0, 0.1) is 0 Å². The zero-order valence-electron chi connectivity index (χ0n) is 8.73. The molecule has 0 spiro atoms. The fraction of sp³-hybridized carbons (Fsp3) is 0.167. The molecule has 0 aliphatic heterocycles. The molecule has 6 heteroatoms. The van der Waals surface area contributed by atoms with Crippen molar-refractivity contribution < 1.29 is 4.39 Å². The van der Waals surface area contributed by atoms with Gasteiger partial charge in [0.15, 0.2) is 0 Å². The van der Waals surface area contributed by atoms with E-state index >= 15 is 0 Å². The van der Waals surface area contributed by atoms with E-state index in [0.29, 0.717) is 11.1 Å². The van der Waals surface area contributed by atoms with Crippen molar-refractivity contribution in [2.24, 2.45) is 0 Å². The quantitative estimate of drug-likeness (QED) is 0.559. The molecule has 1 atom stereocenters. The third-order valence-corrected chi connectivity index (χ3v) is 5.30. The molecule has 96 valence electrons. The number of allylic oxidation sites excluding steroid dienone is 4. The van der Waals surface area contributed by atoms with Crippen molar-refractivity contribution >= 4 is 63.6 Å². The molecule has 0 aromatic heterocycles. The molecule has 1 aromatic carbocycles. The van der Waals surface area contributed by atoms with Crippen molar-refractivity contribution in [2.45, 2.75) is 9.46 Å². The number of benzene rings is 1. The second kappa shape index (κ2) is 4.88. The number of hydrogen-bond acceptors (Lipinski definition) is 0. The van der Waals surface area contributed by atoms with E-state index in [9.17, 15) is 4.39 Å². The molecule has 0 saturated heterocycles. The maximum atomic E-state index is 14.4. The highest BCUT2D eigenvalue weighted by Crippen LogP contribution is 2.57. The molecular formula is C12H6Cl5F. The Kier molecular flexibility index (Phi) is 3.93. The van der Waals surface area contributed by atoms with Crippen LogP contribution < -0.4 is 0 Å². The van der Waals surface area contributed by atoms with Gasteiger partial charge in [0, 0.05) is 5.57 Å². The van der Waals surface area contributed by atoms with Gasteiger partial charge in [-0.25, -0.2) is 4.39 Å². The van der Waals surface area contributed by atoms with E-state index in [-0.39, 0.29) is 10.1 Å². The van der Waals surface area contributed by atoms with Crippen molar-refractivity contribution in [2.75, 3.05) is 0 Å². The molecule has 0 heterocycles. The number of halogens is 6. The van der Waals surface area contributed by atoms with Crippen molar-refractivity contribution in [1.82, 2.24) is 0 Å². The van der Waals surface area contributed by atoms with Gasteiger partial charge in [0.1, 0.15) is 0 Å². The largest absolute Gasteiger partial charge is 0.257 e. The van der Waals surface area contributed by atoms with Gasteiger partial charge in [0.05, 0.1) is 10.1 Å². The highest BCUT2D eigenvalue weighted by Gasteiger charge is 2.57. The molecule has 1 unspecified atom stereocenters. The van der Waals surface area contributed by atoms with E-state index in [1.165, 1.54) is 6.08 Å². The second-order valence-corrected chi connectivity index (χ2v) is 6.37. The SMILES string of the molecule is FC1(Cl)C(Cl)=C(c2ccccc2)C=C(Cl)C1(Cl)Cl. The summed E-state index contributed by atoms with van der Waals surface area (Å²) in [5.74, 6) is 0. The highest BCUT2D eigenvalue weighted by molar-refractivity contribution is 6.62. The van der Waals surface area contributed by atoms with Crippen LogP contribution in [0.4, 0.5) is 4.39 Å². The standard InChI is InChI=1S/C12H6Cl5F/c13-9-6-8(7-4-2-1-3-5-7)10(14)12(17,18)11(9,15)16/h1-6H. The van der Waals surface area contributed by atoms with Gasteiger partial charge in [0.25, 0.3) is 5.13 Å². The lowest BCUT2D eigenvalue weighted by atomic mass is 9.97. The first-order chi connectivity index (χ1) is 8.28. The molecule has 1 aliphatic rings. The van der Waals surface area contributed by atoms with Gasteiger partial charge in [-0.2, -0.15) is 0 Å². The van der Waals surface area contributed by atoms with E-state index in [2.05, 4.69) is 0 Å². The number of rotatable bonds is 1. The third kappa shape index (κ3) is 2.17. The average molecular weight is 346 g/mol. The molecule has 0 N–H and O–H groups in total. The van der Waals surface area contributed by atoms with E-state index in [0.717, 1.165) is 0 Å². The van der Waals surface area contributed by atoms with Gasteiger partial charge in [-0.15, -0.1) is 0 Å². The summed E-state index contributed by atoms with van der Waals surface area (Å²) < 4.78 is 12.3. The van der Waals surface area contributed by atoms with Gasteiger partial charge >= 0.3 is 0 Å². The Hall–Kier alpha value is 0.0800. The lowest BCUT2D eigenvalue weighted by Gasteiger charge is -2.34. The van der Waals surface area contributed by atoms with Crippen LogP contribution in [0.3, 0.4) is 0 Å². The smallest absolute Gasteiger partial charge is 0.216 e. The lowest BCUT2D eigenvalue weighted by molar-refractivity contribution is 0.326. The normalized spacial score (nSPS) is 27.1. The summed E-state index contributed by atoms with van der Waals surface area (Å²) in [7, 11) is 0. The van der Waals surface area contributed by atoms with Crippen LogP contribution in [0.25, 0.3) is 5.57 Å². The first-order valence-corrected chi connectivity index (χ1v) is 6.76. The van der Waals surface area contributed by atoms with Crippen LogP contribution in [0.1, 0.15) is 5.56 Å². The maximum absolute atomic E-state index is 14.4. The minimum Gasteiger partial charge on any atom is -0.216 e. The fourth-order valence-electron chi connectivity index (χ4n) is 1.57. The van der Waals surface area contributed by atoms with Crippen molar-refractivity contribution in [3.8, 4) is 0 Å². The third-order valence-electron chi connectivity index (χ3n) is 2.56. The van der Waals surface area contributed by atoms with E-state index in [1.54, 1.807) is 24.3 Å². The Labute approximate surface area is 129 Å². The molecule has 0 nitrogen and oxygen atoms in total. The Morgan fingerprint density at radius 3 is 2.06 bits per heavy atom. The molecule has 1 aromatic rings. The van der Waals surface area contributed by atoms with E-state index in [4.69, 9.17) is 58.0 Å². The van der Waals surface area contributed by atoms with Gasteiger partial charge in [-0.05, 0) is 11.6 Å². The van der Waals surface area contributed by atoms with Crippen molar-refractivity contribution in [3.05, 3.63) is 52.0 Å². The molecule has 0 fully saturated rings. The molecule has 0 saturated carbocycles.